The molecule has 4 heteroatoms. The number of thioether (sulfide) groups is 1. The molecule has 2 nitrogen and oxygen atoms in total. The van der Waals surface area contributed by atoms with Crippen LogP contribution in [0.2, 0.25) is 5.02 Å². The number of carbonyl (C=O) groups excluding carboxylic acids is 1. The van der Waals surface area contributed by atoms with Crippen LogP contribution >= 0.6 is 23.4 Å². The predicted octanol–water partition coefficient (Wildman–Crippen LogP) is 3.49. The van der Waals surface area contributed by atoms with Crippen molar-refractivity contribution >= 4 is 29.3 Å². The molecule has 0 unspecified atom stereocenters. The Balaban J connectivity index is 2.28. The van der Waals surface area contributed by atoms with E-state index in [4.69, 9.17) is 11.6 Å². The SMILES string of the molecule is CC(C)(C)NC(=O)CSCc1ccc(Cl)cc1. The fraction of sp³-hybridized carbons (Fsp3) is 0.462. The quantitative estimate of drug-likeness (QED) is 0.908. The average Bonchev–Trinajstić information content (AvgIpc) is 2.18. The zero-order valence-corrected chi connectivity index (χ0v) is 12.0. The van der Waals surface area contributed by atoms with Gasteiger partial charge in [-0.3, -0.25) is 4.79 Å². The van der Waals surface area contributed by atoms with Gasteiger partial charge >= 0.3 is 0 Å². The Labute approximate surface area is 112 Å². The molecule has 0 fully saturated rings. The normalized spacial score (nSPS) is 11.3. The number of rotatable bonds is 4. The molecule has 0 aliphatic rings. The van der Waals surface area contributed by atoms with E-state index in [2.05, 4.69) is 5.32 Å². The van der Waals surface area contributed by atoms with Gasteiger partial charge in [-0.1, -0.05) is 23.7 Å². The van der Waals surface area contributed by atoms with Crippen LogP contribution in [-0.2, 0) is 10.5 Å². The van der Waals surface area contributed by atoms with E-state index in [1.54, 1.807) is 11.8 Å². The number of carbonyl (C=O) groups is 1. The summed E-state index contributed by atoms with van der Waals surface area (Å²) < 4.78 is 0. The molecule has 17 heavy (non-hydrogen) atoms. The maximum Gasteiger partial charge on any atom is 0.230 e. The minimum Gasteiger partial charge on any atom is -0.351 e. The van der Waals surface area contributed by atoms with Crippen LogP contribution in [-0.4, -0.2) is 17.2 Å². The van der Waals surface area contributed by atoms with Crippen molar-refractivity contribution in [2.24, 2.45) is 0 Å². The number of benzene rings is 1. The van der Waals surface area contributed by atoms with Crippen molar-refractivity contribution in [3.8, 4) is 0 Å². The first kappa shape index (κ1) is 14.4. The zero-order valence-electron chi connectivity index (χ0n) is 10.4. The molecule has 1 aromatic carbocycles. The fourth-order valence-electron chi connectivity index (χ4n) is 1.30. The highest BCUT2D eigenvalue weighted by Gasteiger charge is 2.13. The number of halogens is 1. The van der Waals surface area contributed by atoms with Gasteiger partial charge in [0, 0.05) is 16.3 Å². The number of hydrogen-bond donors (Lipinski definition) is 1. The molecule has 0 heterocycles. The Hall–Kier alpha value is -0.670. The number of nitrogens with one attached hydrogen (secondary N) is 1. The van der Waals surface area contributed by atoms with Gasteiger partial charge in [0.05, 0.1) is 5.75 Å². The van der Waals surface area contributed by atoms with Crippen molar-refractivity contribution in [3.05, 3.63) is 34.9 Å². The average molecular weight is 272 g/mol. The van der Waals surface area contributed by atoms with Gasteiger partial charge in [0.2, 0.25) is 5.91 Å². The molecule has 1 amide bonds. The van der Waals surface area contributed by atoms with Gasteiger partial charge < -0.3 is 5.32 Å². The lowest BCUT2D eigenvalue weighted by Crippen LogP contribution is -2.41. The minimum atomic E-state index is -0.155. The van der Waals surface area contributed by atoms with Crippen molar-refractivity contribution in [1.82, 2.24) is 5.32 Å². The second-order valence-electron chi connectivity index (χ2n) is 4.92. The van der Waals surface area contributed by atoms with Gasteiger partial charge in [0.15, 0.2) is 0 Å². The molecule has 0 atom stereocenters. The summed E-state index contributed by atoms with van der Waals surface area (Å²) in [6, 6.07) is 7.70. The third-order valence-electron chi connectivity index (χ3n) is 1.93. The molecule has 0 saturated carbocycles. The predicted molar refractivity (Wildman–Crippen MR) is 75.5 cm³/mol. The third kappa shape index (κ3) is 6.59. The molecule has 0 aliphatic heterocycles. The highest BCUT2D eigenvalue weighted by atomic mass is 35.5. The summed E-state index contributed by atoms with van der Waals surface area (Å²) in [6.07, 6.45) is 0. The van der Waals surface area contributed by atoms with Crippen LogP contribution in [0.15, 0.2) is 24.3 Å². The summed E-state index contributed by atoms with van der Waals surface area (Å²) in [7, 11) is 0. The van der Waals surface area contributed by atoms with Gasteiger partial charge in [0.1, 0.15) is 0 Å². The Kier molecular flexibility index (Phi) is 5.34. The van der Waals surface area contributed by atoms with Crippen LogP contribution in [0.4, 0.5) is 0 Å². The molecule has 1 rings (SSSR count). The Morgan fingerprint density at radius 2 is 1.88 bits per heavy atom. The first-order chi connectivity index (χ1) is 7.87. The Bertz CT molecular complexity index is 370. The molecule has 0 bridgehead atoms. The molecule has 1 aromatic rings. The number of amides is 1. The lowest BCUT2D eigenvalue weighted by Gasteiger charge is -2.20. The van der Waals surface area contributed by atoms with Crippen LogP contribution in [0.5, 0.6) is 0 Å². The van der Waals surface area contributed by atoms with Crippen LogP contribution in [0.3, 0.4) is 0 Å². The summed E-state index contributed by atoms with van der Waals surface area (Å²) in [5.74, 6) is 1.39. The molecule has 0 spiro atoms. The van der Waals surface area contributed by atoms with E-state index in [-0.39, 0.29) is 11.4 Å². The van der Waals surface area contributed by atoms with E-state index in [0.29, 0.717) is 5.75 Å². The smallest absolute Gasteiger partial charge is 0.230 e. The maximum atomic E-state index is 11.5. The van der Waals surface area contributed by atoms with Crippen molar-refractivity contribution < 1.29 is 4.79 Å². The largest absolute Gasteiger partial charge is 0.351 e. The van der Waals surface area contributed by atoms with Gasteiger partial charge in [0.25, 0.3) is 0 Å². The second kappa shape index (κ2) is 6.31. The van der Waals surface area contributed by atoms with E-state index in [1.807, 2.05) is 45.0 Å². The highest BCUT2D eigenvalue weighted by molar-refractivity contribution is 7.99. The first-order valence-corrected chi connectivity index (χ1v) is 7.03. The van der Waals surface area contributed by atoms with Gasteiger partial charge in [-0.25, -0.2) is 0 Å². The van der Waals surface area contributed by atoms with E-state index in [9.17, 15) is 4.79 Å². The second-order valence-corrected chi connectivity index (χ2v) is 6.34. The van der Waals surface area contributed by atoms with Crippen molar-refractivity contribution in [1.29, 1.82) is 0 Å². The zero-order chi connectivity index (χ0) is 12.9. The van der Waals surface area contributed by atoms with Gasteiger partial charge in [-0.15, -0.1) is 11.8 Å². The van der Waals surface area contributed by atoms with Crippen LogP contribution in [0.1, 0.15) is 26.3 Å². The summed E-state index contributed by atoms with van der Waals surface area (Å²) in [5.41, 5.74) is 1.03. The van der Waals surface area contributed by atoms with Crippen LogP contribution in [0.25, 0.3) is 0 Å². The van der Waals surface area contributed by atoms with Crippen molar-refractivity contribution in [3.63, 3.8) is 0 Å². The topological polar surface area (TPSA) is 29.1 Å². The summed E-state index contributed by atoms with van der Waals surface area (Å²) >= 11 is 7.40. The van der Waals surface area contributed by atoms with E-state index < -0.39 is 0 Å². The van der Waals surface area contributed by atoms with E-state index >= 15 is 0 Å². The molecular weight excluding hydrogens is 254 g/mol. The Morgan fingerprint density at radius 1 is 1.29 bits per heavy atom. The van der Waals surface area contributed by atoms with E-state index in [1.165, 1.54) is 5.56 Å². The molecule has 0 aromatic heterocycles. The lowest BCUT2D eigenvalue weighted by molar-refractivity contribution is -0.119. The minimum absolute atomic E-state index is 0.0801. The summed E-state index contributed by atoms with van der Waals surface area (Å²) in [5, 5.41) is 3.67. The van der Waals surface area contributed by atoms with Crippen LogP contribution < -0.4 is 5.32 Å². The highest BCUT2D eigenvalue weighted by Crippen LogP contribution is 2.15. The monoisotopic (exact) mass is 271 g/mol. The summed E-state index contributed by atoms with van der Waals surface area (Å²) in [6.45, 7) is 5.94. The maximum absolute atomic E-state index is 11.5. The van der Waals surface area contributed by atoms with Crippen LogP contribution in [0, 0.1) is 0 Å². The first-order valence-electron chi connectivity index (χ1n) is 5.50. The third-order valence-corrected chi connectivity index (χ3v) is 3.19. The van der Waals surface area contributed by atoms with E-state index in [0.717, 1.165) is 10.8 Å². The molecular formula is C13H18ClNOS. The molecule has 1 N–H and O–H groups in total. The van der Waals surface area contributed by atoms with Crippen molar-refractivity contribution in [2.45, 2.75) is 32.1 Å². The molecule has 94 valence electrons. The van der Waals surface area contributed by atoms with Crippen molar-refractivity contribution in [2.75, 3.05) is 5.75 Å². The Morgan fingerprint density at radius 3 is 2.41 bits per heavy atom. The fourth-order valence-corrected chi connectivity index (χ4v) is 2.21. The lowest BCUT2D eigenvalue weighted by atomic mass is 10.1. The molecule has 0 radical (unpaired) electrons. The summed E-state index contributed by atoms with van der Waals surface area (Å²) in [4.78, 5) is 11.5. The number of hydrogen-bond acceptors (Lipinski definition) is 2. The standard InChI is InChI=1S/C13H18ClNOS/c1-13(2,3)15-12(16)9-17-8-10-4-6-11(14)7-5-10/h4-7H,8-9H2,1-3H3,(H,15,16). The molecule has 0 aliphatic carbocycles. The van der Waals surface area contributed by atoms with Gasteiger partial charge in [-0.05, 0) is 38.5 Å². The molecule has 0 saturated heterocycles. The van der Waals surface area contributed by atoms with Gasteiger partial charge in [-0.2, -0.15) is 0 Å².